The van der Waals surface area contributed by atoms with Crippen LogP contribution in [0.4, 0.5) is 0 Å². The average molecular weight is 973 g/mol. The normalized spacial score (nSPS) is 24.5. The standard InChI is InChI=1S/C54H76N4O10S/c1-35(2)50(53(63)58-32-36(3)28-46(58)52(62)55-31-38-9-11-39(12-10-38)51-37(4)56-34-69-51)57-48(61)33-68-27-26-67-25-24-66-23-22-65-21-20-64-19-7-6-8-40-29-41-30-42(59)13-14-43(41)44-17-18-54(5)45(49(40)44)15-16-47(54)60/h9-14,30,34-35,40,44-47,49-50,59-60H,3,6-8,15-29,31-33H2,1-2,4-5H3,(H,55,62)(H,57,61)/t40-,44-,45+,46+,47+,49-,50+,54+/m1/s1. The number of benzene rings is 2. The Morgan fingerprint density at radius 1 is 0.899 bits per heavy atom. The summed E-state index contributed by atoms with van der Waals surface area (Å²) in [4.78, 5) is 47.0. The molecule has 8 atom stereocenters. The summed E-state index contributed by atoms with van der Waals surface area (Å²) >= 11 is 1.59. The monoisotopic (exact) mass is 973 g/mol. The van der Waals surface area contributed by atoms with Gasteiger partial charge in [0.05, 0.1) is 75.0 Å². The number of ether oxygens (including phenoxy) is 5. The minimum atomic E-state index is -0.832. The van der Waals surface area contributed by atoms with Gasteiger partial charge in [-0.05, 0) is 128 Å². The van der Waals surface area contributed by atoms with E-state index in [4.69, 9.17) is 23.7 Å². The quantitative estimate of drug-likeness (QED) is 0.0475. The minimum absolute atomic E-state index is 0.0271. The Kier molecular flexibility index (Phi) is 19.2. The molecule has 378 valence electrons. The number of hydrogen-bond donors (Lipinski definition) is 4. The molecule has 0 spiro atoms. The Balaban J connectivity index is 0.690. The van der Waals surface area contributed by atoms with Crippen molar-refractivity contribution in [3.63, 3.8) is 0 Å². The number of nitrogens with zero attached hydrogens (tertiary/aromatic N) is 2. The number of likely N-dealkylation sites (tertiary alicyclic amines) is 1. The van der Waals surface area contributed by atoms with Gasteiger partial charge < -0.3 is 49.4 Å². The molecule has 4 N–H and O–H groups in total. The molecule has 0 radical (unpaired) electrons. The molecular weight excluding hydrogens is 897 g/mol. The zero-order valence-corrected chi connectivity index (χ0v) is 42.1. The summed E-state index contributed by atoms with van der Waals surface area (Å²) in [5.41, 5.74) is 8.38. The summed E-state index contributed by atoms with van der Waals surface area (Å²) in [5.74, 6) is 1.35. The van der Waals surface area contributed by atoms with Gasteiger partial charge in [-0.25, -0.2) is 4.98 Å². The van der Waals surface area contributed by atoms with E-state index in [9.17, 15) is 24.6 Å². The van der Waals surface area contributed by atoms with Crippen molar-refractivity contribution in [3.8, 4) is 16.2 Å². The molecule has 0 unspecified atom stereocenters. The maximum Gasteiger partial charge on any atom is 0.246 e. The van der Waals surface area contributed by atoms with Gasteiger partial charge in [0.25, 0.3) is 0 Å². The molecule has 2 heterocycles. The highest BCUT2D eigenvalue weighted by Crippen LogP contribution is 2.62. The highest BCUT2D eigenvalue weighted by atomic mass is 32.1. The highest BCUT2D eigenvalue weighted by molar-refractivity contribution is 7.13. The van der Waals surface area contributed by atoms with E-state index in [0.717, 1.165) is 78.6 Å². The van der Waals surface area contributed by atoms with E-state index in [2.05, 4.69) is 35.2 Å². The average Bonchev–Trinajstić information content (AvgIpc) is 4.04. The largest absolute Gasteiger partial charge is 0.508 e. The Hall–Kier alpha value is -4.22. The van der Waals surface area contributed by atoms with Gasteiger partial charge in [-0.15, -0.1) is 11.3 Å². The Labute approximate surface area is 412 Å². The van der Waals surface area contributed by atoms with Gasteiger partial charge >= 0.3 is 0 Å². The molecule has 1 aromatic heterocycles. The first kappa shape index (κ1) is 52.6. The van der Waals surface area contributed by atoms with E-state index in [0.29, 0.717) is 88.6 Å². The molecule has 1 saturated heterocycles. The van der Waals surface area contributed by atoms with Crippen LogP contribution in [0.1, 0.15) is 100 Å². The summed E-state index contributed by atoms with van der Waals surface area (Å²) < 4.78 is 28.3. The first-order valence-corrected chi connectivity index (χ1v) is 26.1. The Bertz CT molecular complexity index is 2170. The number of aromatic nitrogens is 1. The molecule has 3 aliphatic carbocycles. The van der Waals surface area contributed by atoms with Gasteiger partial charge in [-0.2, -0.15) is 0 Å². The van der Waals surface area contributed by atoms with Crippen LogP contribution in [-0.2, 0) is 51.0 Å². The van der Waals surface area contributed by atoms with Gasteiger partial charge in [0.1, 0.15) is 24.4 Å². The van der Waals surface area contributed by atoms with E-state index in [1.54, 1.807) is 11.3 Å². The Morgan fingerprint density at radius 3 is 2.25 bits per heavy atom. The fourth-order valence-electron chi connectivity index (χ4n) is 11.5. The second kappa shape index (κ2) is 25.2. The van der Waals surface area contributed by atoms with Crippen LogP contribution in [0.3, 0.4) is 0 Å². The van der Waals surface area contributed by atoms with Crippen LogP contribution in [0.15, 0.2) is 60.1 Å². The number of aliphatic hydroxyl groups is 1. The summed E-state index contributed by atoms with van der Waals surface area (Å²) in [5, 5.41) is 27.0. The molecule has 2 saturated carbocycles. The van der Waals surface area contributed by atoms with E-state index < -0.39 is 18.0 Å². The van der Waals surface area contributed by atoms with Crippen molar-refractivity contribution in [2.45, 2.75) is 116 Å². The zero-order chi connectivity index (χ0) is 48.9. The van der Waals surface area contributed by atoms with Crippen LogP contribution in [0.25, 0.3) is 10.4 Å². The van der Waals surface area contributed by atoms with Gasteiger partial charge in [0.15, 0.2) is 0 Å². The van der Waals surface area contributed by atoms with Crippen molar-refractivity contribution < 1.29 is 48.3 Å². The third-order valence-corrected chi connectivity index (χ3v) is 16.2. The maximum absolute atomic E-state index is 13.8. The second-order valence-electron chi connectivity index (χ2n) is 20.2. The topological polar surface area (TPSA) is 178 Å². The minimum Gasteiger partial charge on any atom is -0.508 e. The maximum atomic E-state index is 13.8. The summed E-state index contributed by atoms with van der Waals surface area (Å²) in [6.45, 7) is 16.3. The van der Waals surface area contributed by atoms with E-state index in [1.807, 2.05) is 62.7 Å². The van der Waals surface area contributed by atoms with Gasteiger partial charge in [0, 0.05) is 19.7 Å². The number of unbranched alkanes of at least 4 members (excludes halogenated alkanes) is 1. The first-order valence-electron chi connectivity index (χ1n) is 25.3. The van der Waals surface area contributed by atoms with E-state index in [-0.39, 0.29) is 55.6 Å². The number of fused-ring (bicyclic) bond motifs is 5. The van der Waals surface area contributed by atoms with Crippen LogP contribution in [-0.4, -0.2) is 129 Å². The summed E-state index contributed by atoms with van der Waals surface area (Å²) in [7, 11) is 0. The van der Waals surface area contributed by atoms with Crippen LogP contribution in [0, 0.1) is 36.0 Å². The molecule has 69 heavy (non-hydrogen) atoms. The lowest BCUT2D eigenvalue weighted by Crippen LogP contribution is -2.55. The van der Waals surface area contributed by atoms with Crippen molar-refractivity contribution in [2.24, 2.45) is 29.1 Å². The lowest BCUT2D eigenvalue weighted by atomic mass is 9.52. The van der Waals surface area contributed by atoms with E-state index in [1.165, 1.54) is 16.0 Å². The van der Waals surface area contributed by atoms with Crippen LogP contribution >= 0.6 is 11.3 Å². The number of amides is 3. The number of nitrogens with one attached hydrogen (secondary N) is 2. The Morgan fingerprint density at radius 2 is 1.58 bits per heavy atom. The van der Waals surface area contributed by atoms with Gasteiger partial charge in [-0.3, -0.25) is 14.4 Å². The lowest BCUT2D eigenvalue weighted by molar-refractivity contribution is -0.143. The molecule has 14 nitrogen and oxygen atoms in total. The summed E-state index contributed by atoms with van der Waals surface area (Å²) in [6.07, 6.45) is 8.65. The van der Waals surface area contributed by atoms with Crippen LogP contribution < -0.4 is 10.6 Å². The zero-order valence-electron chi connectivity index (χ0n) is 41.3. The fourth-order valence-corrected chi connectivity index (χ4v) is 12.3. The lowest BCUT2D eigenvalue weighted by Gasteiger charge is -2.53. The third kappa shape index (κ3) is 13.6. The number of hydrogen-bond acceptors (Lipinski definition) is 12. The van der Waals surface area contributed by atoms with Crippen molar-refractivity contribution in [1.82, 2.24) is 20.5 Å². The highest BCUT2D eigenvalue weighted by Gasteiger charge is 2.56. The predicted octanol–water partition coefficient (Wildman–Crippen LogP) is 7.13. The van der Waals surface area contributed by atoms with Crippen molar-refractivity contribution in [3.05, 3.63) is 82.5 Å². The smallest absolute Gasteiger partial charge is 0.246 e. The first-order chi connectivity index (χ1) is 33.3. The predicted molar refractivity (Wildman–Crippen MR) is 266 cm³/mol. The number of aliphatic hydroxyl groups excluding tert-OH is 1. The molecule has 3 amide bonds. The van der Waals surface area contributed by atoms with Crippen molar-refractivity contribution >= 4 is 29.1 Å². The fraction of sp³-hybridized carbons (Fsp3) is 0.630. The van der Waals surface area contributed by atoms with Gasteiger partial charge in [0.2, 0.25) is 17.7 Å². The number of phenolic OH excluding ortho intramolecular Hbond substituents is 1. The molecule has 7 rings (SSSR count). The number of phenols is 1. The van der Waals surface area contributed by atoms with Crippen LogP contribution in [0.2, 0.25) is 0 Å². The molecule has 0 bridgehead atoms. The van der Waals surface area contributed by atoms with Crippen molar-refractivity contribution in [1.29, 1.82) is 0 Å². The van der Waals surface area contributed by atoms with E-state index >= 15 is 0 Å². The molecule has 4 aliphatic rings. The molecule has 15 heteroatoms. The van der Waals surface area contributed by atoms with Crippen molar-refractivity contribution in [2.75, 3.05) is 72.6 Å². The molecule has 3 fully saturated rings. The molecule has 3 aromatic rings. The summed E-state index contributed by atoms with van der Waals surface area (Å²) in [6, 6.07) is 12.4. The third-order valence-electron chi connectivity index (χ3n) is 15.2. The molecular formula is C54H76N4O10S. The SMILES string of the molecule is C=C1C[C@@H](C(=O)NCc2ccc(-c3scnc3C)cc2)N(C(=O)[C@@H](NC(=O)COCCOCCOCCOCCOCCCC[C@@H]2Cc3cc(O)ccc3[C@H]3CC[C@]4(C)[C@@H](O)CC[C@H]4[C@H]23)C(C)C)C1. The number of rotatable bonds is 26. The number of aromatic hydroxyl groups is 1. The van der Waals surface area contributed by atoms with Gasteiger partial charge in [-0.1, -0.05) is 69.7 Å². The number of carbonyl (C=O) groups is 3. The molecule has 1 aliphatic heterocycles. The number of thiazole rings is 1. The second-order valence-corrected chi connectivity index (χ2v) is 21.0. The number of aryl methyl sites for hydroxylation is 1. The number of carbonyl (C=O) groups excluding carboxylic acids is 3. The molecule has 2 aromatic carbocycles. The van der Waals surface area contributed by atoms with Crippen LogP contribution in [0.5, 0.6) is 5.75 Å².